The van der Waals surface area contributed by atoms with Crippen molar-refractivity contribution in [3.8, 4) is 0 Å². The fraction of sp³-hybridized carbons (Fsp3) is 0.500. The highest BCUT2D eigenvalue weighted by Gasteiger charge is 2.45. The summed E-state index contributed by atoms with van der Waals surface area (Å²) in [6.45, 7) is 3.98. The molecular formula is C22H27NOS2. The number of carbonyl (C=O) groups is 1. The Labute approximate surface area is 165 Å². The second-order valence-corrected chi connectivity index (χ2v) is 9.82. The van der Waals surface area contributed by atoms with Crippen LogP contribution in [0.3, 0.4) is 0 Å². The van der Waals surface area contributed by atoms with Gasteiger partial charge in [0, 0.05) is 29.0 Å². The Morgan fingerprint density at radius 1 is 1.12 bits per heavy atom. The summed E-state index contributed by atoms with van der Waals surface area (Å²) < 4.78 is 0. The number of hydrogen-bond donors (Lipinski definition) is 0. The number of benzene rings is 1. The minimum atomic E-state index is -0.235. The number of aryl methyl sites for hydroxylation is 1. The minimum Gasteiger partial charge on any atom is -0.341 e. The third-order valence-corrected chi connectivity index (χ3v) is 8.41. The van der Waals surface area contributed by atoms with Gasteiger partial charge in [-0.05, 0) is 48.8 Å². The summed E-state index contributed by atoms with van der Waals surface area (Å²) >= 11 is 3.78. The number of hydrogen-bond acceptors (Lipinski definition) is 3. The first kappa shape index (κ1) is 18.1. The van der Waals surface area contributed by atoms with Crippen LogP contribution in [0.1, 0.15) is 53.4 Å². The van der Waals surface area contributed by atoms with Gasteiger partial charge in [-0.1, -0.05) is 43.2 Å². The van der Waals surface area contributed by atoms with Gasteiger partial charge in [-0.2, -0.15) is 11.8 Å². The van der Waals surface area contributed by atoms with Gasteiger partial charge in [0.1, 0.15) is 0 Å². The average molecular weight is 386 g/mol. The quantitative estimate of drug-likeness (QED) is 0.688. The molecule has 1 atom stereocenters. The van der Waals surface area contributed by atoms with Crippen LogP contribution in [0, 0.1) is 6.92 Å². The molecule has 26 heavy (non-hydrogen) atoms. The van der Waals surface area contributed by atoms with Crippen LogP contribution in [-0.4, -0.2) is 29.6 Å². The Balaban J connectivity index is 1.52. The number of amides is 1. The van der Waals surface area contributed by atoms with Crippen molar-refractivity contribution in [3.63, 3.8) is 0 Å². The van der Waals surface area contributed by atoms with E-state index >= 15 is 0 Å². The first-order valence-electron chi connectivity index (χ1n) is 9.71. The van der Waals surface area contributed by atoms with E-state index in [0.29, 0.717) is 11.2 Å². The second-order valence-electron chi connectivity index (χ2n) is 7.56. The largest absolute Gasteiger partial charge is 0.341 e. The van der Waals surface area contributed by atoms with Crippen molar-refractivity contribution >= 4 is 29.0 Å². The summed E-state index contributed by atoms with van der Waals surface area (Å²) in [7, 11) is 0. The van der Waals surface area contributed by atoms with Gasteiger partial charge in [0.15, 0.2) is 0 Å². The Morgan fingerprint density at radius 3 is 2.65 bits per heavy atom. The van der Waals surface area contributed by atoms with Gasteiger partial charge in [-0.25, -0.2) is 0 Å². The molecule has 0 radical (unpaired) electrons. The predicted molar refractivity (Wildman–Crippen MR) is 112 cm³/mol. The zero-order valence-electron chi connectivity index (χ0n) is 15.4. The van der Waals surface area contributed by atoms with Crippen LogP contribution in [0.2, 0.25) is 0 Å². The predicted octanol–water partition coefficient (Wildman–Crippen LogP) is 5.58. The van der Waals surface area contributed by atoms with Crippen LogP contribution in [-0.2, 0) is 10.2 Å². The first-order chi connectivity index (χ1) is 12.7. The van der Waals surface area contributed by atoms with E-state index < -0.39 is 0 Å². The lowest BCUT2D eigenvalue weighted by molar-refractivity contribution is -0.137. The summed E-state index contributed by atoms with van der Waals surface area (Å²) in [4.78, 5) is 17.1. The molecule has 1 amide bonds. The molecule has 1 aromatic carbocycles. The van der Waals surface area contributed by atoms with Crippen molar-refractivity contribution in [1.82, 2.24) is 4.90 Å². The lowest BCUT2D eigenvalue weighted by atomic mass is 9.82. The maximum absolute atomic E-state index is 13.6. The molecule has 1 aliphatic heterocycles. The maximum Gasteiger partial charge on any atom is 0.234 e. The lowest BCUT2D eigenvalue weighted by Crippen LogP contribution is -2.46. The Hall–Kier alpha value is -1.26. The van der Waals surface area contributed by atoms with Crippen LogP contribution in [0.25, 0.3) is 0 Å². The van der Waals surface area contributed by atoms with Crippen molar-refractivity contribution in [2.75, 3.05) is 18.8 Å². The Bertz CT molecular complexity index is 749. The van der Waals surface area contributed by atoms with E-state index in [1.165, 1.54) is 28.8 Å². The Morgan fingerprint density at radius 2 is 1.92 bits per heavy atom. The summed E-state index contributed by atoms with van der Waals surface area (Å²) in [6.07, 6.45) is 5.46. The Kier molecular flexibility index (Phi) is 5.42. The topological polar surface area (TPSA) is 20.3 Å². The number of carbonyl (C=O) groups excluding carboxylic acids is 1. The molecule has 2 nitrogen and oxygen atoms in total. The highest BCUT2D eigenvalue weighted by atomic mass is 32.2. The smallest absolute Gasteiger partial charge is 0.234 e. The summed E-state index contributed by atoms with van der Waals surface area (Å²) in [5.41, 5.74) is 2.58. The number of thioether (sulfide) groups is 1. The number of nitrogens with zero attached hydrogens (tertiary/aromatic N) is 1. The molecule has 1 aliphatic carbocycles. The highest BCUT2D eigenvalue weighted by Crippen LogP contribution is 2.45. The van der Waals surface area contributed by atoms with Crippen LogP contribution >= 0.6 is 23.1 Å². The maximum atomic E-state index is 13.6. The van der Waals surface area contributed by atoms with Gasteiger partial charge in [0.2, 0.25) is 5.91 Å². The molecule has 0 N–H and O–H groups in total. The fourth-order valence-electron chi connectivity index (χ4n) is 4.57. The molecule has 1 unspecified atom stereocenters. The number of thiophene rings is 1. The van der Waals surface area contributed by atoms with E-state index in [1.807, 2.05) is 11.8 Å². The first-order valence-corrected chi connectivity index (χ1v) is 11.6. The van der Waals surface area contributed by atoms with Crippen LogP contribution in [0.4, 0.5) is 0 Å². The molecule has 2 heterocycles. The van der Waals surface area contributed by atoms with E-state index in [9.17, 15) is 4.79 Å². The van der Waals surface area contributed by atoms with Crippen molar-refractivity contribution in [2.24, 2.45) is 0 Å². The molecule has 4 rings (SSSR count). The molecular weight excluding hydrogens is 358 g/mol. The van der Waals surface area contributed by atoms with E-state index in [2.05, 4.69) is 53.6 Å². The van der Waals surface area contributed by atoms with Crippen molar-refractivity contribution in [2.45, 2.75) is 49.7 Å². The summed E-state index contributed by atoms with van der Waals surface area (Å²) in [6, 6.07) is 13.0. The van der Waals surface area contributed by atoms with Crippen LogP contribution < -0.4 is 0 Å². The second kappa shape index (κ2) is 7.77. The van der Waals surface area contributed by atoms with Crippen LogP contribution in [0.15, 0.2) is 41.8 Å². The normalized spacial score (nSPS) is 23.0. The van der Waals surface area contributed by atoms with E-state index in [-0.39, 0.29) is 5.41 Å². The van der Waals surface area contributed by atoms with Gasteiger partial charge in [0.05, 0.1) is 5.41 Å². The SMILES string of the molecule is Cc1ccccc1C1CCN(C(=O)C2(c3cccs3)CCCC2)CCS1. The zero-order chi connectivity index (χ0) is 18.0. The van der Waals surface area contributed by atoms with Crippen molar-refractivity contribution < 1.29 is 4.79 Å². The highest BCUT2D eigenvalue weighted by molar-refractivity contribution is 7.99. The van der Waals surface area contributed by atoms with Gasteiger partial charge in [-0.3, -0.25) is 4.79 Å². The zero-order valence-corrected chi connectivity index (χ0v) is 17.1. The van der Waals surface area contributed by atoms with Crippen molar-refractivity contribution in [1.29, 1.82) is 0 Å². The minimum absolute atomic E-state index is 0.235. The molecule has 1 saturated carbocycles. The number of rotatable bonds is 3. The molecule has 2 fully saturated rings. The molecule has 2 aliphatic rings. The monoisotopic (exact) mass is 385 g/mol. The molecule has 4 heteroatoms. The molecule has 2 aromatic rings. The van der Waals surface area contributed by atoms with E-state index in [1.54, 1.807) is 11.3 Å². The van der Waals surface area contributed by atoms with Gasteiger partial charge < -0.3 is 4.90 Å². The van der Waals surface area contributed by atoms with Crippen LogP contribution in [0.5, 0.6) is 0 Å². The molecule has 138 valence electrons. The molecule has 0 bridgehead atoms. The fourth-order valence-corrected chi connectivity index (χ4v) is 6.87. The van der Waals surface area contributed by atoms with Gasteiger partial charge >= 0.3 is 0 Å². The lowest BCUT2D eigenvalue weighted by Gasteiger charge is -2.33. The summed E-state index contributed by atoms with van der Waals surface area (Å²) in [5.74, 6) is 1.43. The average Bonchev–Trinajstić information content (AvgIpc) is 3.30. The molecule has 1 saturated heterocycles. The van der Waals surface area contributed by atoms with Gasteiger partial charge in [0.25, 0.3) is 0 Å². The third kappa shape index (κ3) is 3.34. The van der Waals surface area contributed by atoms with E-state index in [0.717, 1.165) is 38.1 Å². The standard InChI is InChI=1S/C22H27NOS2/c1-17-7-2-3-8-18(17)19-10-13-23(14-16-25-19)21(24)22(11-4-5-12-22)20-9-6-15-26-20/h2-3,6-9,15,19H,4-5,10-14,16H2,1H3. The third-order valence-electron chi connectivity index (χ3n) is 6.02. The van der Waals surface area contributed by atoms with Crippen molar-refractivity contribution in [3.05, 3.63) is 57.8 Å². The summed E-state index contributed by atoms with van der Waals surface area (Å²) in [5, 5.41) is 2.63. The molecule has 0 spiro atoms. The molecule has 1 aromatic heterocycles. The van der Waals surface area contributed by atoms with Gasteiger partial charge in [-0.15, -0.1) is 11.3 Å². The van der Waals surface area contributed by atoms with E-state index in [4.69, 9.17) is 0 Å².